The van der Waals surface area contributed by atoms with E-state index in [-0.39, 0.29) is 12.0 Å². The Kier molecular flexibility index (Phi) is 13.9. The monoisotopic (exact) mass is 361 g/mol. The number of carbonyl (C=O) groups is 2. The third kappa shape index (κ3) is 17.4. The molecule has 0 aromatic carbocycles. The molecule has 1 N–H and O–H groups in total. The number of ether oxygens (including phenoxy) is 3. The Bertz CT molecular complexity index is 333. The van der Waals surface area contributed by atoms with Gasteiger partial charge in [-0.1, -0.05) is 33.0 Å². The fourth-order valence-electron chi connectivity index (χ4n) is 1.79. The topological polar surface area (TPSA) is 73.9 Å². The second-order valence-electron chi connectivity index (χ2n) is 7.21. The molecule has 0 aliphatic carbocycles. The lowest BCUT2D eigenvalue weighted by Gasteiger charge is -2.15. The van der Waals surface area contributed by atoms with E-state index in [0.29, 0.717) is 39.6 Å². The number of hydrogen-bond donors (Lipinski definition) is 1. The van der Waals surface area contributed by atoms with Crippen LogP contribution in [0, 0.1) is 5.92 Å². The fraction of sp³-hybridized carbons (Fsp3) is 0.882. The van der Waals surface area contributed by atoms with Gasteiger partial charge in [0, 0.05) is 27.1 Å². The quantitative estimate of drug-likeness (QED) is 0.276. The van der Waals surface area contributed by atoms with Crippen LogP contribution in [-0.2, 0) is 19.0 Å². The van der Waals surface area contributed by atoms with E-state index in [0.717, 1.165) is 31.6 Å². The molecule has 0 aliphatic rings. The van der Waals surface area contributed by atoms with Gasteiger partial charge >= 0.3 is 6.09 Å². The van der Waals surface area contributed by atoms with E-state index in [1.807, 2.05) is 6.92 Å². The number of rotatable bonds is 15. The molecule has 0 fully saturated rings. The number of amides is 1. The van der Waals surface area contributed by atoms with E-state index < -0.39 is 8.07 Å². The van der Waals surface area contributed by atoms with E-state index >= 15 is 0 Å². The molecular formula is C17H35NO5Si. The maximum absolute atomic E-state index is 11.4. The summed E-state index contributed by atoms with van der Waals surface area (Å²) in [5.41, 5.74) is 0. The van der Waals surface area contributed by atoms with Crippen LogP contribution in [0.15, 0.2) is 0 Å². The molecule has 0 spiro atoms. The van der Waals surface area contributed by atoms with Crippen LogP contribution in [0.4, 0.5) is 4.79 Å². The van der Waals surface area contributed by atoms with E-state index in [2.05, 4.69) is 25.0 Å². The largest absolute Gasteiger partial charge is 0.450 e. The van der Waals surface area contributed by atoms with Crippen LogP contribution < -0.4 is 5.32 Å². The maximum atomic E-state index is 11.4. The molecule has 0 aromatic rings. The molecular weight excluding hydrogens is 326 g/mol. The van der Waals surface area contributed by atoms with Crippen LogP contribution in [0.25, 0.3) is 0 Å². The summed E-state index contributed by atoms with van der Waals surface area (Å²) in [5, 5.41) is 2.66. The van der Waals surface area contributed by atoms with Crippen LogP contribution in [0.2, 0.25) is 25.7 Å². The van der Waals surface area contributed by atoms with Crippen molar-refractivity contribution in [1.29, 1.82) is 0 Å². The third-order valence-electron chi connectivity index (χ3n) is 3.40. The number of aldehydes is 1. The Labute approximate surface area is 147 Å². The summed E-state index contributed by atoms with van der Waals surface area (Å²) in [4.78, 5) is 21.9. The first-order valence-electron chi connectivity index (χ1n) is 8.86. The first-order chi connectivity index (χ1) is 11.3. The number of alkyl carbamates (subject to hydrolysis) is 1. The van der Waals surface area contributed by atoms with Crippen molar-refractivity contribution < 1.29 is 23.8 Å². The summed E-state index contributed by atoms with van der Waals surface area (Å²) >= 11 is 0. The molecule has 1 unspecified atom stereocenters. The van der Waals surface area contributed by atoms with E-state index in [1.54, 1.807) is 0 Å². The lowest BCUT2D eigenvalue weighted by molar-refractivity contribution is -0.110. The zero-order valence-electron chi connectivity index (χ0n) is 15.8. The molecule has 6 nitrogen and oxygen atoms in total. The lowest BCUT2D eigenvalue weighted by Crippen LogP contribution is -2.30. The molecule has 7 heteroatoms. The second kappa shape index (κ2) is 14.4. The van der Waals surface area contributed by atoms with Gasteiger partial charge in [0.05, 0.1) is 26.4 Å². The predicted molar refractivity (Wildman–Crippen MR) is 98.2 cm³/mol. The second-order valence-corrected chi connectivity index (χ2v) is 12.8. The zero-order valence-corrected chi connectivity index (χ0v) is 16.8. The van der Waals surface area contributed by atoms with Crippen LogP contribution in [0.5, 0.6) is 0 Å². The average Bonchev–Trinajstić information content (AvgIpc) is 2.51. The highest BCUT2D eigenvalue weighted by Crippen LogP contribution is 2.07. The van der Waals surface area contributed by atoms with Gasteiger partial charge in [-0.15, -0.1) is 0 Å². The van der Waals surface area contributed by atoms with Crippen LogP contribution in [-0.4, -0.2) is 60.0 Å². The minimum atomic E-state index is -1.16. The smallest absolute Gasteiger partial charge is 0.407 e. The number of unbranched alkanes of at least 4 members (excludes halogenated alkanes) is 1. The highest BCUT2D eigenvalue weighted by atomic mass is 28.3. The molecule has 0 bridgehead atoms. The Hall–Kier alpha value is -0.923. The SMILES string of the molecule is CC(C=O)CCCCOCCOCCNC(=O)OCC[Si](C)(C)C. The normalized spacial score (nSPS) is 12.7. The van der Waals surface area contributed by atoms with Crippen LogP contribution in [0.3, 0.4) is 0 Å². The summed E-state index contributed by atoms with van der Waals surface area (Å²) in [7, 11) is -1.16. The van der Waals surface area contributed by atoms with Gasteiger partial charge in [-0.25, -0.2) is 4.79 Å². The van der Waals surface area contributed by atoms with Crippen LogP contribution in [0.1, 0.15) is 26.2 Å². The Balaban J connectivity index is 3.25. The molecule has 0 saturated heterocycles. The Morgan fingerprint density at radius 3 is 2.33 bits per heavy atom. The molecule has 0 rings (SSSR count). The van der Waals surface area contributed by atoms with Crippen molar-refractivity contribution in [1.82, 2.24) is 5.32 Å². The summed E-state index contributed by atoms with van der Waals surface area (Å²) in [6.45, 7) is 11.8. The summed E-state index contributed by atoms with van der Waals surface area (Å²) in [5.74, 6) is 0.142. The molecule has 24 heavy (non-hydrogen) atoms. The van der Waals surface area contributed by atoms with Crippen molar-refractivity contribution >= 4 is 20.5 Å². The Morgan fingerprint density at radius 2 is 1.71 bits per heavy atom. The van der Waals surface area contributed by atoms with Gasteiger partial charge in [0.25, 0.3) is 0 Å². The van der Waals surface area contributed by atoms with Crippen molar-refractivity contribution in [2.45, 2.75) is 51.9 Å². The highest BCUT2D eigenvalue weighted by molar-refractivity contribution is 6.76. The van der Waals surface area contributed by atoms with Gasteiger partial charge in [0.1, 0.15) is 6.29 Å². The van der Waals surface area contributed by atoms with Gasteiger partial charge < -0.3 is 24.3 Å². The van der Waals surface area contributed by atoms with Gasteiger partial charge in [0.2, 0.25) is 0 Å². The van der Waals surface area contributed by atoms with E-state index in [1.165, 1.54) is 0 Å². The van der Waals surface area contributed by atoms with Gasteiger partial charge in [0.15, 0.2) is 0 Å². The van der Waals surface area contributed by atoms with Crippen molar-refractivity contribution in [3.05, 3.63) is 0 Å². The lowest BCUT2D eigenvalue weighted by atomic mass is 10.1. The van der Waals surface area contributed by atoms with Crippen LogP contribution >= 0.6 is 0 Å². The molecule has 1 amide bonds. The molecule has 0 heterocycles. The standard InChI is InChI=1S/C17H35NO5Si/c1-16(15-19)7-5-6-9-21-11-12-22-10-8-18-17(20)23-13-14-24(2,3)4/h15-16H,5-14H2,1-4H3,(H,18,20). The highest BCUT2D eigenvalue weighted by Gasteiger charge is 2.13. The van der Waals surface area contributed by atoms with Gasteiger partial charge in [-0.2, -0.15) is 0 Å². The maximum Gasteiger partial charge on any atom is 0.407 e. The molecule has 0 saturated carbocycles. The fourth-order valence-corrected chi connectivity index (χ4v) is 2.50. The average molecular weight is 362 g/mol. The summed E-state index contributed by atoms with van der Waals surface area (Å²) in [6, 6.07) is 0.975. The minimum absolute atomic E-state index is 0.142. The minimum Gasteiger partial charge on any atom is -0.450 e. The third-order valence-corrected chi connectivity index (χ3v) is 5.11. The number of nitrogens with one attached hydrogen (secondary N) is 1. The molecule has 1 atom stereocenters. The van der Waals surface area contributed by atoms with Crippen molar-refractivity contribution in [3.8, 4) is 0 Å². The Morgan fingerprint density at radius 1 is 1.04 bits per heavy atom. The van der Waals surface area contributed by atoms with E-state index in [4.69, 9.17) is 14.2 Å². The van der Waals surface area contributed by atoms with Crippen molar-refractivity contribution in [2.24, 2.45) is 5.92 Å². The molecule has 0 radical (unpaired) electrons. The molecule has 0 aliphatic heterocycles. The van der Waals surface area contributed by atoms with Crippen molar-refractivity contribution in [3.63, 3.8) is 0 Å². The van der Waals surface area contributed by atoms with Gasteiger partial charge in [-0.3, -0.25) is 0 Å². The summed E-state index contributed by atoms with van der Waals surface area (Å²) in [6.07, 6.45) is 3.50. The molecule has 142 valence electrons. The van der Waals surface area contributed by atoms with Crippen molar-refractivity contribution in [2.75, 3.05) is 39.6 Å². The first-order valence-corrected chi connectivity index (χ1v) is 12.6. The predicted octanol–water partition coefficient (Wildman–Crippen LogP) is 3.09. The van der Waals surface area contributed by atoms with Gasteiger partial charge in [-0.05, 0) is 18.9 Å². The number of hydrogen-bond acceptors (Lipinski definition) is 5. The zero-order chi connectivity index (χ0) is 18.3. The summed E-state index contributed by atoms with van der Waals surface area (Å²) < 4.78 is 15.9. The molecule has 0 aromatic heterocycles. The van der Waals surface area contributed by atoms with E-state index in [9.17, 15) is 9.59 Å². The first kappa shape index (κ1) is 23.1. The number of carbonyl (C=O) groups excluding carboxylic acids is 2.